The van der Waals surface area contributed by atoms with Gasteiger partial charge in [-0.1, -0.05) is 12.1 Å². The Morgan fingerprint density at radius 3 is 2.48 bits per heavy atom. The van der Waals surface area contributed by atoms with E-state index in [1.807, 2.05) is 6.08 Å². The van der Waals surface area contributed by atoms with Gasteiger partial charge >= 0.3 is 5.51 Å². The lowest BCUT2D eigenvalue weighted by Gasteiger charge is -2.35. The van der Waals surface area contributed by atoms with E-state index in [9.17, 15) is 13.2 Å². The van der Waals surface area contributed by atoms with Crippen LogP contribution in [-0.2, 0) is 0 Å². The fourth-order valence-electron chi connectivity index (χ4n) is 3.61. The fraction of sp³-hybridized carbons (Fsp3) is 0.421. The normalized spacial score (nSPS) is 25.7. The van der Waals surface area contributed by atoms with Crippen LogP contribution in [0.3, 0.4) is 0 Å². The Hall–Kier alpha value is -1.93. The Labute approximate surface area is 159 Å². The second-order valence-electron chi connectivity index (χ2n) is 6.97. The quantitative estimate of drug-likeness (QED) is 0.778. The molecule has 3 heterocycles. The van der Waals surface area contributed by atoms with Crippen molar-refractivity contribution in [3.05, 3.63) is 35.9 Å². The van der Waals surface area contributed by atoms with Crippen LogP contribution in [0, 0.1) is 5.92 Å². The summed E-state index contributed by atoms with van der Waals surface area (Å²) < 4.78 is 37.4. The maximum absolute atomic E-state index is 12.5. The van der Waals surface area contributed by atoms with Crippen LogP contribution in [-0.4, -0.2) is 41.9 Å². The van der Waals surface area contributed by atoms with E-state index in [2.05, 4.69) is 22.2 Å². The molecule has 4 nitrogen and oxygen atoms in total. The summed E-state index contributed by atoms with van der Waals surface area (Å²) >= 11 is -0.118. The lowest BCUT2D eigenvalue weighted by atomic mass is 9.85. The number of halogens is 3. The zero-order valence-corrected chi connectivity index (χ0v) is 15.6. The van der Waals surface area contributed by atoms with Crippen molar-refractivity contribution < 1.29 is 13.2 Å². The minimum atomic E-state index is -4.28. The Morgan fingerprint density at radius 2 is 1.81 bits per heavy atom. The van der Waals surface area contributed by atoms with Crippen molar-refractivity contribution in [2.45, 2.75) is 35.8 Å². The number of hydrogen-bond acceptors (Lipinski definition) is 5. The van der Waals surface area contributed by atoms with Gasteiger partial charge in [-0.05, 0) is 62.8 Å². The van der Waals surface area contributed by atoms with Gasteiger partial charge in [-0.3, -0.25) is 9.98 Å². The molecule has 0 aliphatic carbocycles. The van der Waals surface area contributed by atoms with Crippen LogP contribution in [0.25, 0.3) is 5.70 Å². The number of aliphatic imine (C=N–C) groups is 3. The largest absolute Gasteiger partial charge is 0.446 e. The SMILES string of the molecule is CC1(C2CCNCC2)N=CC2=NC(c3ccc(SC(F)(F)F)cc3)=CC2=N1. The summed E-state index contributed by atoms with van der Waals surface area (Å²) in [6.07, 6.45) is 5.74. The monoisotopic (exact) mass is 392 g/mol. The maximum Gasteiger partial charge on any atom is 0.446 e. The van der Waals surface area contributed by atoms with Gasteiger partial charge in [0.05, 0.1) is 17.6 Å². The topological polar surface area (TPSA) is 49.1 Å². The van der Waals surface area contributed by atoms with Crippen LogP contribution in [0.5, 0.6) is 0 Å². The molecule has 1 fully saturated rings. The first-order chi connectivity index (χ1) is 12.8. The van der Waals surface area contributed by atoms with Crippen molar-refractivity contribution in [3.8, 4) is 0 Å². The molecule has 1 atom stereocenters. The van der Waals surface area contributed by atoms with Crippen molar-refractivity contribution in [1.29, 1.82) is 0 Å². The highest BCUT2D eigenvalue weighted by Gasteiger charge is 2.37. The number of thioether (sulfide) groups is 1. The molecule has 1 aromatic rings. The Morgan fingerprint density at radius 1 is 1.11 bits per heavy atom. The number of alkyl halides is 3. The number of allylic oxidation sites excluding steroid dienone is 1. The minimum Gasteiger partial charge on any atom is -0.317 e. The third-order valence-electron chi connectivity index (χ3n) is 5.07. The summed E-state index contributed by atoms with van der Waals surface area (Å²) in [5, 5.41) is 3.36. The number of piperidine rings is 1. The third kappa shape index (κ3) is 4.01. The van der Waals surface area contributed by atoms with Gasteiger partial charge in [0.25, 0.3) is 0 Å². The van der Waals surface area contributed by atoms with E-state index >= 15 is 0 Å². The summed E-state index contributed by atoms with van der Waals surface area (Å²) in [7, 11) is 0. The van der Waals surface area contributed by atoms with Crippen LogP contribution in [0.1, 0.15) is 25.3 Å². The molecule has 3 aliphatic heterocycles. The van der Waals surface area contributed by atoms with Gasteiger partial charge in [-0.25, -0.2) is 4.99 Å². The summed E-state index contributed by atoms with van der Waals surface area (Å²) in [5.74, 6) is 0.389. The molecule has 0 spiro atoms. The predicted molar refractivity (Wildman–Crippen MR) is 104 cm³/mol. The van der Waals surface area contributed by atoms with Gasteiger partial charge in [0.15, 0.2) is 5.66 Å². The van der Waals surface area contributed by atoms with Crippen molar-refractivity contribution in [1.82, 2.24) is 5.32 Å². The number of nitrogens with one attached hydrogen (secondary N) is 1. The van der Waals surface area contributed by atoms with E-state index in [0.717, 1.165) is 37.2 Å². The zero-order chi connectivity index (χ0) is 19.1. The molecule has 0 radical (unpaired) electrons. The van der Waals surface area contributed by atoms with Gasteiger partial charge in [0.2, 0.25) is 0 Å². The smallest absolute Gasteiger partial charge is 0.317 e. The fourth-order valence-corrected chi connectivity index (χ4v) is 4.15. The average molecular weight is 392 g/mol. The molecule has 3 aliphatic rings. The second kappa shape index (κ2) is 6.91. The number of fused-ring (bicyclic) bond motifs is 1. The van der Waals surface area contributed by atoms with Crippen LogP contribution in [0.15, 0.2) is 50.2 Å². The summed E-state index contributed by atoms with van der Waals surface area (Å²) in [6.45, 7) is 4.01. The molecule has 0 bridgehead atoms. The molecule has 1 unspecified atom stereocenters. The average Bonchev–Trinajstić information content (AvgIpc) is 3.04. The predicted octanol–water partition coefficient (Wildman–Crippen LogP) is 4.34. The van der Waals surface area contributed by atoms with E-state index < -0.39 is 11.2 Å². The first kappa shape index (κ1) is 18.4. The Kier molecular flexibility index (Phi) is 4.71. The van der Waals surface area contributed by atoms with Gasteiger partial charge in [-0.15, -0.1) is 0 Å². The lowest BCUT2D eigenvalue weighted by Crippen LogP contribution is -2.42. The van der Waals surface area contributed by atoms with E-state index in [1.54, 1.807) is 18.3 Å². The van der Waals surface area contributed by atoms with Gasteiger partial charge < -0.3 is 5.32 Å². The van der Waals surface area contributed by atoms with Crippen LogP contribution in [0.4, 0.5) is 13.2 Å². The molecular weight excluding hydrogens is 373 g/mol. The molecule has 0 amide bonds. The van der Waals surface area contributed by atoms with Crippen molar-refractivity contribution in [2.24, 2.45) is 20.9 Å². The van der Waals surface area contributed by atoms with E-state index in [1.165, 1.54) is 12.1 Å². The van der Waals surface area contributed by atoms with Crippen LogP contribution >= 0.6 is 11.8 Å². The van der Waals surface area contributed by atoms with Crippen molar-refractivity contribution in [2.75, 3.05) is 13.1 Å². The van der Waals surface area contributed by atoms with E-state index in [4.69, 9.17) is 4.99 Å². The highest BCUT2D eigenvalue weighted by Crippen LogP contribution is 2.38. The molecule has 1 aromatic carbocycles. The van der Waals surface area contributed by atoms with Gasteiger partial charge in [0, 0.05) is 16.4 Å². The summed E-state index contributed by atoms with van der Waals surface area (Å²) in [4.78, 5) is 14.3. The number of hydrogen-bond donors (Lipinski definition) is 1. The molecule has 8 heteroatoms. The molecule has 27 heavy (non-hydrogen) atoms. The third-order valence-corrected chi connectivity index (χ3v) is 5.81. The van der Waals surface area contributed by atoms with E-state index in [0.29, 0.717) is 17.3 Å². The van der Waals surface area contributed by atoms with Crippen LogP contribution < -0.4 is 5.32 Å². The second-order valence-corrected chi connectivity index (χ2v) is 8.11. The highest BCUT2D eigenvalue weighted by atomic mass is 32.2. The maximum atomic E-state index is 12.5. The van der Waals surface area contributed by atoms with E-state index in [-0.39, 0.29) is 16.7 Å². The summed E-state index contributed by atoms with van der Waals surface area (Å²) in [6, 6.07) is 6.24. The summed E-state index contributed by atoms with van der Waals surface area (Å²) in [5.41, 5.74) is -1.78. The molecule has 1 N–H and O–H groups in total. The molecular formula is C19H19F3N4S. The Balaban J connectivity index is 1.55. The van der Waals surface area contributed by atoms with Crippen molar-refractivity contribution >= 4 is 35.1 Å². The highest BCUT2D eigenvalue weighted by molar-refractivity contribution is 8.00. The molecule has 142 valence electrons. The molecule has 0 aromatic heterocycles. The number of rotatable bonds is 3. The number of benzene rings is 1. The van der Waals surface area contributed by atoms with Crippen molar-refractivity contribution in [3.63, 3.8) is 0 Å². The van der Waals surface area contributed by atoms with Crippen LogP contribution in [0.2, 0.25) is 0 Å². The molecule has 0 saturated carbocycles. The minimum absolute atomic E-state index is 0.118. The van der Waals surface area contributed by atoms with Gasteiger partial charge in [-0.2, -0.15) is 13.2 Å². The first-order valence-corrected chi connectivity index (χ1v) is 9.67. The first-order valence-electron chi connectivity index (χ1n) is 8.85. The molecule has 4 rings (SSSR count). The zero-order valence-electron chi connectivity index (χ0n) is 14.8. The molecule has 1 saturated heterocycles. The Bertz CT molecular complexity index is 849. The lowest BCUT2D eigenvalue weighted by molar-refractivity contribution is -0.0328. The standard InChI is InChI=1S/C19H19F3N4S/c1-18(13-6-8-23-9-7-13)24-11-17-16(26-18)10-15(25-17)12-2-4-14(5-3-12)27-19(20,21)22/h2-5,10-11,13,23H,6-9H2,1H3. The van der Waals surface area contributed by atoms with Gasteiger partial charge in [0.1, 0.15) is 5.71 Å². The number of nitrogens with zero attached hydrogens (tertiary/aromatic N) is 3.